The zero-order chi connectivity index (χ0) is 11.0. The molecule has 0 aromatic rings. The number of hydrogen-bond acceptors (Lipinski definition) is 4. The van der Waals surface area contributed by atoms with Gasteiger partial charge in [0.1, 0.15) is 0 Å². The Morgan fingerprint density at radius 1 is 1.43 bits per heavy atom. The lowest BCUT2D eigenvalue weighted by Gasteiger charge is -2.36. The average Bonchev–Trinajstić information content (AvgIpc) is 1.98. The maximum atomic E-state index is 11.5. The molecule has 0 atom stereocenters. The van der Waals surface area contributed by atoms with E-state index in [9.17, 15) is 13.2 Å². The van der Waals surface area contributed by atoms with Crippen LogP contribution in [0.4, 0.5) is 0 Å². The van der Waals surface area contributed by atoms with Crippen LogP contribution in [0.3, 0.4) is 0 Å². The third kappa shape index (κ3) is 2.06. The molecule has 6 heteroatoms. The van der Waals surface area contributed by atoms with E-state index in [1.807, 2.05) is 4.72 Å². The van der Waals surface area contributed by atoms with Crippen LogP contribution in [0.5, 0.6) is 0 Å². The second kappa shape index (κ2) is 3.51. The van der Waals surface area contributed by atoms with Crippen LogP contribution in [0.15, 0.2) is 0 Å². The lowest BCUT2D eigenvalue weighted by Crippen LogP contribution is -2.60. The first kappa shape index (κ1) is 11.5. The number of sulfonamides is 1. The molecular weight excluding hydrogens is 204 g/mol. The van der Waals surface area contributed by atoms with Gasteiger partial charge in [-0.25, -0.2) is 8.42 Å². The van der Waals surface area contributed by atoms with E-state index in [1.54, 1.807) is 0 Å². The minimum atomic E-state index is -3.54. The molecule has 0 radical (unpaired) electrons. The summed E-state index contributed by atoms with van der Waals surface area (Å²) in [7, 11) is -3.54. The maximum absolute atomic E-state index is 11.5. The number of rotatable bonds is 3. The average molecular weight is 220 g/mol. The first-order valence-electron chi connectivity index (χ1n) is 4.63. The molecule has 0 aromatic heterocycles. The number of carbonyl (C=O) groups excluding carboxylic acids is 1. The van der Waals surface area contributed by atoms with Gasteiger partial charge in [-0.3, -0.25) is 9.52 Å². The summed E-state index contributed by atoms with van der Waals surface area (Å²) in [4.78, 5) is 11.5. The molecule has 0 unspecified atom stereocenters. The highest BCUT2D eigenvalue weighted by atomic mass is 32.2. The van der Waals surface area contributed by atoms with Crippen LogP contribution in [0.25, 0.3) is 0 Å². The predicted octanol–water partition coefficient (Wildman–Crippen LogP) is -0.278. The maximum Gasteiger partial charge on any atom is 0.253 e. The zero-order valence-electron chi connectivity index (χ0n) is 8.41. The van der Waals surface area contributed by atoms with Gasteiger partial charge in [0.2, 0.25) is 10.0 Å². The molecular formula is C8H16N2O3S. The van der Waals surface area contributed by atoms with Gasteiger partial charge >= 0.3 is 0 Å². The van der Waals surface area contributed by atoms with Gasteiger partial charge in [-0.15, -0.1) is 0 Å². The fourth-order valence-corrected chi connectivity index (χ4v) is 1.83. The Morgan fingerprint density at radius 3 is 2.21 bits per heavy atom. The molecule has 1 fully saturated rings. The van der Waals surface area contributed by atoms with E-state index in [4.69, 9.17) is 5.73 Å². The van der Waals surface area contributed by atoms with E-state index in [-0.39, 0.29) is 0 Å². The Hall–Kier alpha value is -0.620. The van der Waals surface area contributed by atoms with Crippen molar-refractivity contribution >= 4 is 15.9 Å². The molecule has 1 rings (SSSR count). The van der Waals surface area contributed by atoms with E-state index >= 15 is 0 Å². The quantitative estimate of drug-likeness (QED) is 0.684. The van der Waals surface area contributed by atoms with Crippen LogP contribution in [0.2, 0.25) is 0 Å². The monoisotopic (exact) mass is 220 g/mol. The van der Waals surface area contributed by atoms with Gasteiger partial charge in [0.05, 0.1) is 10.8 Å². The third-order valence-electron chi connectivity index (χ3n) is 2.55. The fourth-order valence-electron chi connectivity index (χ4n) is 1.13. The highest BCUT2D eigenvalue weighted by molar-refractivity contribution is 7.90. The normalized spacial score (nSPS) is 20.3. The minimum absolute atomic E-state index is 0.562. The molecule has 0 heterocycles. The topological polar surface area (TPSA) is 89.3 Å². The molecule has 82 valence electrons. The van der Waals surface area contributed by atoms with Crippen molar-refractivity contribution in [3.8, 4) is 0 Å². The molecule has 1 aliphatic carbocycles. The second-order valence-electron chi connectivity index (χ2n) is 4.03. The van der Waals surface area contributed by atoms with E-state index in [0.29, 0.717) is 12.8 Å². The molecule has 0 aromatic carbocycles. The molecule has 0 bridgehead atoms. The first-order chi connectivity index (χ1) is 6.28. The van der Waals surface area contributed by atoms with E-state index in [1.165, 1.54) is 13.8 Å². The van der Waals surface area contributed by atoms with Crippen molar-refractivity contribution in [2.75, 3.05) is 0 Å². The van der Waals surface area contributed by atoms with E-state index < -0.39 is 26.7 Å². The van der Waals surface area contributed by atoms with Gasteiger partial charge in [-0.1, -0.05) is 0 Å². The van der Waals surface area contributed by atoms with Crippen LogP contribution in [-0.2, 0) is 14.8 Å². The van der Waals surface area contributed by atoms with Crippen molar-refractivity contribution in [2.24, 2.45) is 5.73 Å². The second-order valence-corrected chi connectivity index (χ2v) is 6.27. The summed E-state index contributed by atoms with van der Waals surface area (Å²) < 4.78 is 24.7. The van der Waals surface area contributed by atoms with E-state index in [2.05, 4.69) is 0 Å². The number of nitrogens with one attached hydrogen (secondary N) is 1. The number of hydrogen-bond donors (Lipinski definition) is 2. The van der Waals surface area contributed by atoms with Gasteiger partial charge in [0.25, 0.3) is 5.91 Å². The predicted molar refractivity (Wildman–Crippen MR) is 53.0 cm³/mol. The summed E-state index contributed by atoms with van der Waals surface area (Å²) in [5.41, 5.74) is 4.72. The highest BCUT2D eigenvalue weighted by Gasteiger charge is 2.41. The van der Waals surface area contributed by atoms with Gasteiger partial charge < -0.3 is 5.73 Å². The van der Waals surface area contributed by atoms with Crippen molar-refractivity contribution in [2.45, 2.75) is 43.9 Å². The van der Waals surface area contributed by atoms with Gasteiger partial charge in [-0.05, 0) is 33.1 Å². The summed E-state index contributed by atoms with van der Waals surface area (Å²) in [6, 6.07) is 0. The Balaban J connectivity index is 2.66. The Bertz CT molecular complexity index is 330. The van der Waals surface area contributed by atoms with Gasteiger partial charge in [-0.2, -0.15) is 0 Å². The summed E-state index contributed by atoms with van der Waals surface area (Å²) in [6.07, 6.45) is 2.00. The summed E-state index contributed by atoms with van der Waals surface area (Å²) in [6.45, 7) is 3.03. The standard InChI is InChI=1S/C8H16N2O3S/c1-6(2)14(12,13)10-7(11)8(9)4-3-5-8/h6H,3-5,9H2,1-2H3,(H,10,11). The van der Waals surface area contributed by atoms with E-state index in [0.717, 1.165) is 6.42 Å². The van der Waals surface area contributed by atoms with Crippen LogP contribution >= 0.6 is 0 Å². The fraction of sp³-hybridized carbons (Fsp3) is 0.875. The molecule has 0 aliphatic heterocycles. The third-order valence-corrected chi connectivity index (χ3v) is 4.26. The number of carbonyl (C=O) groups is 1. The molecule has 14 heavy (non-hydrogen) atoms. The van der Waals surface area contributed by atoms with Crippen LogP contribution in [-0.4, -0.2) is 25.1 Å². The summed E-state index contributed by atoms with van der Waals surface area (Å²) in [5.74, 6) is -0.572. The largest absolute Gasteiger partial charge is 0.317 e. The SMILES string of the molecule is CC(C)S(=O)(=O)NC(=O)C1(N)CCC1. The molecule has 0 saturated heterocycles. The van der Waals surface area contributed by atoms with Crippen LogP contribution in [0, 0.1) is 0 Å². The molecule has 5 nitrogen and oxygen atoms in total. The van der Waals surface area contributed by atoms with Crippen molar-refractivity contribution in [1.29, 1.82) is 0 Å². The van der Waals surface area contributed by atoms with Crippen LogP contribution < -0.4 is 10.5 Å². The van der Waals surface area contributed by atoms with Crippen molar-refractivity contribution < 1.29 is 13.2 Å². The van der Waals surface area contributed by atoms with Crippen molar-refractivity contribution in [3.63, 3.8) is 0 Å². The smallest absolute Gasteiger partial charge is 0.253 e. The first-order valence-corrected chi connectivity index (χ1v) is 6.17. The van der Waals surface area contributed by atoms with Crippen LogP contribution in [0.1, 0.15) is 33.1 Å². The lowest BCUT2D eigenvalue weighted by atomic mass is 9.77. The summed E-state index contributed by atoms with van der Waals surface area (Å²) >= 11 is 0. The molecule has 3 N–H and O–H groups in total. The molecule has 1 aliphatic rings. The minimum Gasteiger partial charge on any atom is -0.317 e. The van der Waals surface area contributed by atoms with Crippen molar-refractivity contribution in [1.82, 2.24) is 4.72 Å². The van der Waals surface area contributed by atoms with Gasteiger partial charge in [0, 0.05) is 0 Å². The lowest BCUT2D eigenvalue weighted by molar-refractivity contribution is -0.127. The Labute approximate surface area is 84.1 Å². The van der Waals surface area contributed by atoms with Gasteiger partial charge in [0.15, 0.2) is 0 Å². The molecule has 0 spiro atoms. The number of nitrogens with two attached hydrogens (primary N) is 1. The molecule has 1 amide bonds. The highest BCUT2D eigenvalue weighted by Crippen LogP contribution is 2.29. The number of amides is 1. The Morgan fingerprint density at radius 2 is 1.93 bits per heavy atom. The zero-order valence-corrected chi connectivity index (χ0v) is 9.23. The Kier molecular flexibility index (Phi) is 2.87. The van der Waals surface area contributed by atoms with Crippen molar-refractivity contribution in [3.05, 3.63) is 0 Å². The summed E-state index contributed by atoms with van der Waals surface area (Å²) in [5, 5.41) is -0.616. The molecule has 1 saturated carbocycles.